The Hall–Kier alpha value is -2.39. The van der Waals surface area contributed by atoms with E-state index in [2.05, 4.69) is 5.32 Å². The van der Waals surface area contributed by atoms with Crippen molar-refractivity contribution in [2.24, 2.45) is 5.92 Å². The zero-order chi connectivity index (χ0) is 20.4. The Labute approximate surface area is 161 Å². The molecule has 9 heteroatoms. The third-order valence-corrected chi connectivity index (χ3v) is 6.51. The van der Waals surface area contributed by atoms with Gasteiger partial charge in [0.2, 0.25) is 15.9 Å². The van der Waals surface area contributed by atoms with Crippen molar-refractivity contribution in [1.29, 1.82) is 0 Å². The van der Waals surface area contributed by atoms with E-state index in [9.17, 15) is 26.4 Å². The highest BCUT2D eigenvalue weighted by Crippen LogP contribution is 2.35. The van der Waals surface area contributed by atoms with E-state index >= 15 is 0 Å². The summed E-state index contributed by atoms with van der Waals surface area (Å²) in [6.45, 7) is 0.192. The summed E-state index contributed by atoms with van der Waals surface area (Å²) in [4.78, 5) is 12.7. The summed E-state index contributed by atoms with van der Waals surface area (Å²) < 4.78 is 66.0. The Balaban J connectivity index is 1.76. The van der Waals surface area contributed by atoms with Crippen LogP contribution in [0.2, 0.25) is 0 Å². The van der Waals surface area contributed by atoms with Crippen molar-refractivity contribution >= 4 is 21.6 Å². The Bertz CT molecular complexity index is 946. The molecule has 1 atom stereocenters. The van der Waals surface area contributed by atoms with Gasteiger partial charge in [-0.2, -0.15) is 17.5 Å². The van der Waals surface area contributed by atoms with Gasteiger partial charge in [0, 0.05) is 13.1 Å². The number of para-hydroxylation sites is 1. The lowest BCUT2D eigenvalue weighted by molar-refractivity contribution is -0.137. The summed E-state index contributed by atoms with van der Waals surface area (Å²) in [5.74, 6) is -1.35. The number of carbonyl (C=O) groups excluding carboxylic acids is 1. The van der Waals surface area contributed by atoms with Crippen molar-refractivity contribution in [1.82, 2.24) is 4.31 Å². The molecule has 1 fully saturated rings. The van der Waals surface area contributed by atoms with Crippen LogP contribution in [0, 0.1) is 5.92 Å². The molecule has 0 bridgehead atoms. The molecule has 1 unspecified atom stereocenters. The highest BCUT2D eigenvalue weighted by Gasteiger charge is 2.36. The number of amides is 1. The van der Waals surface area contributed by atoms with Gasteiger partial charge >= 0.3 is 6.18 Å². The Morgan fingerprint density at radius 2 is 1.68 bits per heavy atom. The van der Waals surface area contributed by atoms with E-state index in [0.717, 1.165) is 6.07 Å². The van der Waals surface area contributed by atoms with Gasteiger partial charge in [0.25, 0.3) is 0 Å². The first-order valence-electron chi connectivity index (χ1n) is 8.72. The standard InChI is InChI=1S/C19H19F3N2O3S/c20-19(21,22)16-10-4-5-11-17(16)23-18(25)14-7-6-12-24(13-14)28(26,27)15-8-2-1-3-9-15/h1-5,8-11,14H,6-7,12-13H2,(H,23,25). The molecule has 1 amide bonds. The van der Waals surface area contributed by atoms with Gasteiger partial charge in [0.05, 0.1) is 22.1 Å². The van der Waals surface area contributed by atoms with Gasteiger partial charge in [-0.05, 0) is 37.1 Å². The third-order valence-electron chi connectivity index (χ3n) is 4.63. The number of anilines is 1. The SMILES string of the molecule is O=C(Nc1ccccc1C(F)(F)F)C1CCCN(S(=O)(=O)c2ccccc2)C1. The summed E-state index contributed by atoms with van der Waals surface area (Å²) >= 11 is 0. The van der Waals surface area contributed by atoms with Crippen LogP contribution in [0.3, 0.4) is 0 Å². The number of nitrogens with one attached hydrogen (secondary N) is 1. The molecule has 2 aromatic rings. The maximum Gasteiger partial charge on any atom is 0.418 e. The number of benzene rings is 2. The molecule has 150 valence electrons. The zero-order valence-corrected chi connectivity index (χ0v) is 15.6. The van der Waals surface area contributed by atoms with E-state index in [1.54, 1.807) is 18.2 Å². The van der Waals surface area contributed by atoms with E-state index in [1.807, 2.05) is 0 Å². The second kappa shape index (κ2) is 7.92. The summed E-state index contributed by atoms with van der Waals surface area (Å²) in [5, 5.41) is 2.32. The average Bonchev–Trinajstić information content (AvgIpc) is 2.68. The van der Waals surface area contributed by atoms with Crippen molar-refractivity contribution < 1.29 is 26.4 Å². The first kappa shape index (κ1) is 20.3. The molecule has 2 aromatic carbocycles. The van der Waals surface area contributed by atoms with Crippen LogP contribution in [0.15, 0.2) is 59.5 Å². The van der Waals surface area contributed by atoms with Gasteiger partial charge in [-0.15, -0.1) is 0 Å². The minimum absolute atomic E-state index is 0.0722. The van der Waals surface area contributed by atoms with E-state index < -0.39 is 33.6 Å². The number of alkyl halides is 3. The number of nitrogens with zero attached hydrogens (tertiary/aromatic N) is 1. The van der Waals surface area contributed by atoms with Gasteiger partial charge < -0.3 is 5.32 Å². The minimum atomic E-state index is -4.60. The molecule has 28 heavy (non-hydrogen) atoms. The zero-order valence-electron chi connectivity index (χ0n) is 14.8. The third kappa shape index (κ3) is 4.36. The molecule has 1 aliphatic heterocycles. The number of piperidine rings is 1. The van der Waals surface area contributed by atoms with E-state index in [0.29, 0.717) is 12.8 Å². The molecule has 1 saturated heterocycles. The molecule has 1 N–H and O–H groups in total. The van der Waals surface area contributed by atoms with Crippen LogP contribution in [-0.2, 0) is 21.0 Å². The molecule has 1 heterocycles. The smallest absolute Gasteiger partial charge is 0.325 e. The van der Waals surface area contributed by atoms with Crippen molar-refractivity contribution in [3.63, 3.8) is 0 Å². The Morgan fingerprint density at radius 1 is 1.04 bits per heavy atom. The highest BCUT2D eigenvalue weighted by molar-refractivity contribution is 7.89. The number of sulfonamides is 1. The fourth-order valence-corrected chi connectivity index (χ4v) is 4.74. The summed E-state index contributed by atoms with van der Waals surface area (Å²) in [6, 6.07) is 12.6. The van der Waals surface area contributed by atoms with E-state index in [-0.39, 0.29) is 23.7 Å². The number of carbonyl (C=O) groups is 1. The monoisotopic (exact) mass is 412 g/mol. The molecule has 1 aliphatic rings. The predicted molar refractivity (Wildman–Crippen MR) is 98.0 cm³/mol. The summed E-state index contributed by atoms with van der Waals surface area (Å²) in [6.07, 6.45) is -3.75. The molecular weight excluding hydrogens is 393 g/mol. The molecule has 0 radical (unpaired) electrons. The van der Waals surface area contributed by atoms with Gasteiger partial charge in [0.15, 0.2) is 0 Å². The second-order valence-electron chi connectivity index (χ2n) is 6.55. The van der Waals surface area contributed by atoms with Gasteiger partial charge in [-0.3, -0.25) is 4.79 Å². The highest BCUT2D eigenvalue weighted by atomic mass is 32.2. The predicted octanol–water partition coefficient (Wildman–Crippen LogP) is 3.74. The molecule has 0 aliphatic carbocycles. The van der Waals surface area contributed by atoms with Crippen LogP contribution in [0.25, 0.3) is 0 Å². The topological polar surface area (TPSA) is 66.5 Å². The van der Waals surface area contributed by atoms with Crippen LogP contribution in [-0.4, -0.2) is 31.7 Å². The largest absolute Gasteiger partial charge is 0.418 e. The fraction of sp³-hybridized carbons (Fsp3) is 0.316. The van der Waals surface area contributed by atoms with E-state index in [4.69, 9.17) is 0 Å². The summed E-state index contributed by atoms with van der Waals surface area (Å²) in [7, 11) is -3.76. The van der Waals surface area contributed by atoms with Crippen LogP contribution < -0.4 is 5.32 Å². The Morgan fingerprint density at radius 3 is 2.36 bits per heavy atom. The molecule has 0 aromatic heterocycles. The number of hydrogen-bond donors (Lipinski definition) is 1. The summed E-state index contributed by atoms with van der Waals surface area (Å²) in [5.41, 5.74) is -1.27. The number of hydrogen-bond acceptors (Lipinski definition) is 3. The van der Waals surface area contributed by atoms with Gasteiger partial charge in [-0.25, -0.2) is 8.42 Å². The lowest BCUT2D eigenvalue weighted by atomic mass is 9.98. The first-order valence-corrected chi connectivity index (χ1v) is 10.2. The van der Waals surface area contributed by atoms with E-state index in [1.165, 1.54) is 34.6 Å². The maximum absolute atomic E-state index is 13.1. The second-order valence-corrected chi connectivity index (χ2v) is 8.49. The molecular formula is C19H19F3N2O3S. The lowest BCUT2D eigenvalue weighted by Gasteiger charge is -2.31. The van der Waals surface area contributed by atoms with Gasteiger partial charge in [0.1, 0.15) is 0 Å². The average molecular weight is 412 g/mol. The van der Waals surface area contributed by atoms with Crippen molar-refractivity contribution in [3.05, 3.63) is 60.2 Å². The first-order chi connectivity index (χ1) is 13.2. The number of rotatable bonds is 4. The van der Waals surface area contributed by atoms with Crippen molar-refractivity contribution in [2.75, 3.05) is 18.4 Å². The molecule has 3 rings (SSSR count). The minimum Gasteiger partial charge on any atom is -0.325 e. The molecule has 0 saturated carbocycles. The lowest BCUT2D eigenvalue weighted by Crippen LogP contribution is -2.43. The van der Waals surface area contributed by atoms with Crippen molar-refractivity contribution in [3.8, 4) is 0 Å². The van der Waals surface area contributed by atoms with Crippen LogP contribution in [0.1, 0.15) is 18.4 Å². The van der Waals surface area contributed by atoms with Crippen LogP contribution in [0.5, 0.6) is 0 Å². The maximum atomic E-state index is 13.1. The fourth-order valence-electron chi connectivity index (χ4n) is 3.19. The van der Waals surface area contributed by atoms with Crippen LogP contribution in [0.4, 0.5) is 18.9 Å². The van der Waals surface area contributed by atoms with Crippen molar-refractivity contribution in [2.45, 2.75) is 23.9 Å². The Kier molecular flexibility index (Phi) is 5.76. The molecule has 5 nitrogen and oxygen atoms in total. The molecule has 0 spiro atoms. The number of halogens is 3. The quantitative estimate of drug-likeness (QED) is 0.832. The normalized spacial score (nSPS) is 18.6. The van der Waals surface area contributed by atoms with Crippen LogP contribution >= 0.6 is 0 Å². The van der Waals surface area contributed by atoms with Gasteiger partial charge in [-0.1, -0.05) is 30.3 Å².